The van der Waals surface area contributed by atoms with E-state index in [1.165, 1.54) is 66.1 Å². The van der Waals surface area contributed by atoms with Crippen LogP contribution in [-0.4, -0.2) is 0 Å². The van der Waals surface area contributed by atoms with Gasteiger partial charge in [0.2, 0.25) is 0 Å². The average molecular weight is 755 g/mol. The van der Waals surface area contributed by atoms with E-state index >= 15 is 0 Å². The van der Waals surface area contributed by atoms with Gasteiger partial charge in [-0.05, 0) is 45.9 Å². The molecule has 0 saturated carbocycles. The molecule has 0 N–H and O–H groups in total. The molecule has 0 saturated heterocycles. The predicted octanol–water partition coefficient (Wildman–Crippen LogP) is 8.00. The minimum Gasteiger partial charge on any atom is -1.00 e. The first-order chi connectivity index (χ1) is 21.5. The molecule has 0 radical (unpaired) electrons. The Bertz CT molecular complexity index is 1650. The molecule has 48 heavy (non-hydrogen) atoms. The van der Waals surface area contributed by atoms with E-state index in [0.717, 1.165) is 6.42 Å². The molecular weight excluding hydrogens is 703 g/mol. The second-order valence-electron chi connectivity index (χ2n) is 13.4. The summed E-state index contributed by atoms with van der Waals surface area (Å²) in [6.07, 6.45) is 0.750. The Balaban J connectivity index is 0.000000420. The number of benzene rings is 4. The zero-order valence-corrected chi connectivity index (χ0v) is 34.0. The van der Waals surface area contributed by atoms with E-state index in [2.05, 4.69) is 178 Å². The molecule has 6 rings (SSSR count). The molecule has 3 heteroatoms. The summed E-state index contributed by atoms with van der Waals surface area (Å²) in [5.41, 5.74) is 11.0. The Hall–Kier alpha value is -2.44. The van der Waals surface area contributed by atoms with Crippen LogP contribution in [0.1, 0.15) is 108 Å². The van der Waals surface area contributed by atoms with Crippen molar-refractivity contribution in [2.75, 3.05) is 0 Å². The summed E-state index contributed by atoms with van der Waals surface area (Å²) >= 11 is 0. The number of hydrogen-bond donors (Lipinski definition) is 0. The minimum atomic E-state index is 0. The Morgan fingerprint density at radius 2 is 0.792 bits per heavy atom. The summed E-state index contributed by atoms with van der Waals surface area (Å²) in [5, 5.41) is 5.45. The molecule has 6 aromatic carbocycles. The third kappa shape index (κ3) is 10.8. The van der Waals surface area contributed by atoms with Crippen molar-refractivity contribution in [3.8, 4) is 22.3 Å². The first-order valence-corrected chi connectivity index (χ1v) is 16.7. The zero-order valence-electron chi connectivity index (χ0n) is 30.1. The van der Waals surface area contributed by atoms with Crippen molar-refractivity contribution in [1.29, 1.82) is 0 Å². The number of halogens is 2. The van der Waals surface area contributed by atoms with Crippen LogP contribution in [0.5, 0.6) is 0 Å². The van der Waals surface area contributed by atoms with Crippen molar-refractivity contribution < 1.29 is 51.0 Å². The van der Waals surface area contributed by atoms with Crippen molar-refractivity contribution in [2.45, 2.75) is 85.5 Å². The van der Waals surface area contributed by atoms with E-state index in [1.54, 1.807) is 0 Å². The Kier molecular flexibility index (Phi) is 18.4. The van der Waals surface area contributed by atoms with Gasteiger partial charge in [-0.25, -0.2) is 0 Å². The second-order valence-corrected chi connectivity index (χ2v) is 13.4. The van der Waals surface area contributed by atoms with Crippen LogP contribution in [0, 0.1) is 13.8 Å². The molecule has 254 valence electrons. The molecule has 0 aliphatic heterocycles. The van der Waals surface area contributed by atoms with Crippen LogP contribution in [0.25, 0.3) is 43.8 Å². The van der Waals surface area contributed by atoms with E-state index < -0.39 is 0 Å². The third-order valence-electron chi connectivity index (χ3n) is 8.66. The largest absolute Gasteiger partial charge is 2.00 e. The van der Waals surface area contributed by atoms with Gasteiger partial charge in [-0.1, -0.05) is 127 Å². The average Bonchev–Trinajstić information content (AvgIpc) is 3.67. The maximum Gasteiger partial charge on any atom is 2.00 e. The standard InChI is InChI=1S/2C21H23.C3H6.2ClH.Zr/c2*1-14(2)16-8-10-17(11-9-16)20-7-5-6-18-12-19(15(3)4)13-21(18)20;1-3-2;;;/h2*5-15H,1-4H3;1-3H2;2*1H;/q2*-1;-2;;;+2/p-2. The van der Waals surface area contributed by atoms with Crippen molar-refractivity contribution >= 4 is 21.5 Å². The summed E-state index contributed by atoms with van der Waals surface area (Å²) < 4.78 is 0. The van der Waals surface area contributed by atoms with Gasteiger partial charge in [-0.2, -0.15) is 12.1 Å². The zero-order chi connectivity index (χ0) is 32.7. The monoisotopic (exact) mass is 752 g/mol. The molecule has 0 atom stereocenters. The number of rotatable bonds is 6. The van der Waals surface area contributed by atoms with Crippen LogP contribution >= 0.6 is 0 Å². The van der Waals surface area contributed by atoms with Crippen LogP contribution in [0.15, 0.2) is 109 Å². The van der Waals surface area contributed by atoms with Crippen LogP contribution < -0.4 is 24.8 Å². The van der Waals surface area contributed by atoms with Crippen LogP contribution in [0.2, 0.25) is 0 Å². The predicted molar refractivity (Wildman–Crippen MR) is 202 cm³/mol. The van der Waals surface area contributed by atoms with Gasteiger partial charge in [0.15, 0.2) is 0 Å². The SMILES string of the molecule is CC(C)c1ccc(-c2cccc3[cH-]c(C(C)C)cc23)cc1.CC(C)c1ccc(-c2cccc3[cH-]c(C(C)C)cc23)cc1.[CH2-]C[CH2-].[Cl-].[Cl-].[Zr+2]. The van der Waals surface area contributed by atoms with Crippen molar-refractivity contribution in [3.05, 3.63) is 145 Å². The number of hydrogen-bond acceptors (Lipinski definition) is 0. The van der Waals surface area contributed by atoms with Gasteiger partial charge < -0.3 is 45.1 Å². The van der Waals surface area contributed by atoms with Gasteiger partial charge >= 0.3 is 26.2 Å². The van der Waals surface area contributed by atoms with Crippen molar-refractivity contribution in [2.24, 2.45) is 0 Å². The first-order valence-electron chi connectivity index (χ1n) is 16.7. The van der Waals surface area contributed by atoms with E-state index in [1.807, 2.05) is 0 Å². The van der Waals surface area contributed by atoms with Gasteiger partial charge in [0.1, 0.15) is 0 Å². The van der Waals surface area contributed by atoms with Crippen molar-refractivity contribution in [3.63, 3.8) is 0 Å². The van der Waals surface area contributed by atoms with E-state index in [-0.39, 0.29) is 51.0 Å². The normalized spacial score (nSPS) is 10.6. The maximum absolute atomic E-state index is 3.38. The number of fused-ring (bicyclic) bond motifs is 2. The van der Waals surface area contributed by atoms with E-state index in [4.69, 9.17) is 0 Å². The van der Waals surface area contributed by atoms with Gasteiger partial charge in [-0.15, -0.1) is 69.1 Å². The van der Waals surface area contributed by atoms with Gasteiger partial charge in [0, 0.05) is 0 Å². The Morgan fingerprint density at radius 3 is 1.06 bits per heavy atom. The Labute approximate surface area is 323 Å². The molecule has 0 aliphatic rings. The molecule has 0 heterocycles. The summed E-state index contributed by atoms with van der Waals surface area (Å²) in [5.74, 6) is 2.32. The molecule has 0 spiro atoms. The van der Waals surface area contributed by atoms with E-state index in [0.29, 0.717) is 23.7 Å². The molecular formula is C45H52Cl2Zr-4. The third-order valence-corrected chi connectivity index (χ3v) is 8.66. The summed E-state index contributed by atoms with van der Waals surface area (Å²) in [6, 6.07) is 40.6. The van der Waals surface area contributed by atoms with Crippen LogP contribution in [0.3, 0.4) is 0 Å². The van der Waals surface area contributed by atoms with Gasteiger partial charge in [0.05, 0.1) is 0 Å². The molecule has 0 bridgehead atoms. The van der Waals surface area contributed by atoms with Gasteiger partial charge in [-0.3, -0.25) is 0 Å². The molecule has 0 nitrogen and oxygen atoms in total. The Morgan fingerprint density at radius 1 is 0.479 bits per heavy atom. The van der Waals surface area contributed by atoms with E-state index in [9.17, 15) is 0 Å². The fourth-order valence-electron chi connectivity index (χ4n) is 5.78. The minimum absolute atomic E-state index is 0. The maximum atomic E-state index is 3.38. The van der Waals surface area contributed by atoms with Crippen LogP contribution in [0.4, 0.5) is 0 Å². The molecule has 0 aromatic heterocycles. The topological polar surface area (TPSA) is 0 Å². The first kappa shape index (κ1) is 43.6. The van der Waals surface area contributed by atoms with Gasteiger partial charge in [0.25, 0.3) is 0 Å². The smallest absolute Gasteiger partial charge is 1.00 e. The summed E-state index contributed by atoms with van der Waals surface area (Å²) in [7, 11) is 0. The fourth-order valence-corrected chi connectivity index (χ4v) is 5.78. The van der Waals surface area contributed by atoms with Crippen LogP contribution in [-0.2, 0) is 26.2 Å². The molecule has 0 aliphatic carbocycles. The molecule has 0 unspecified atom stereocenters. The molecule has 6 aromatic rings. The fraction of sp³-hybridized carbons (Fsp3) is 0.289. The summed E-state index contributed by atoms with van der Waals surface area (Å²) in [4.78, 5) is 0. The second kappa shape index (κ2) is 20.3. The quantitative estimate of drug-likeness (QED) is 0.151. The van der Waals surface area contributed by atoms with Crippen molar-refractivity contribution in [1.82, 2.24) is 0 Å². The molecule has 0 fully saturated rings. The molecule has 0 amide bonds. The summed E-state index contributed by atoms with van der Waals surface area (Å²) in [6.45, 7) is 24.7.